The number of hydrogen-bond donors (Lipinski definition) is 2. The molecule has 1 fully saturated rings. The van der Waals surface area contributed by atoms with E-state index < -0.39 is 0 Å². The van der Waals surface area contributed by atoms with Gasteiger partial charge in [0.15, 0.2) is 0 Å². The first-order chi connectivity index (χ1) is 8.74. The lowest BCUT2D eigenvalue weighted by atomic mass is 9.92. The van der Waals surface area contributed by atoms with Crippen LogP contribution in [0.5, 0.6) is 0 Å². The highest BCUT2D eigenvalue weighted by molar-refractivity contribution is 5.79. The molecular weight excluding hydrogens is 226 g/mol. The summed E-state index contributed by atoms with van der Waals surface area (Å²) in [6.07, 6.45) is 5.61. The van der Waals surface area contributed by atoms with E-state index in [0.29, 0.717) is 6.04 Å². The summed E-state index contributed by atoms with van der Waals surface area (Å²) in [5.41, 5.74) is 3.30. The fourth-order valence-electron chi connectivity index (χ4n) is 2.80. The van der Waals surface area contributed by atoms with Crippen LogP contribution in [0, 0.1) is 0 Å². The summed E-state index contributed by atoms with van der Waals surface area (Å²) in [5.74, 6) is 0. The lowest BCUT2D eigenvalue weighted by molar-refractivity contribution is 0.122. The van der Waals surface area contributed by atoms with Crippen LogP contribution in [-0.2, 0) is 0 Å². The van der Waals surface area contributed by atoms with Crippen molar-refractivity contribution in [2.45, 2.75) is 37.8 Å². The second kappa shape index (κ2) is 4.61. The zero-order valence-electron chi connectivity index (χ0n) is 10.6. The highest BCUT2D eigenvalue weighted by Crippen LogP contribution is 2.27. The van der Waals surface area contributed by atoms with Gasteiger partial charge in [-0.3, -0.25) is 0 Å². The minimum Gasteiger partial charge on any atom is -0.393 e. The third-order valence-electron chi connectivity index (χ3n) is 4.03. The van der Waals surface area contributed by atoms with E-state index in [4.69, 9.17) is 0 Å². The lowest BCUT2D eigenvalue weighted by Gasteiger charge is -2.34. The molecule has 2 aromatic rings. The van der Waals surface area contributed by atoms with Crippen LogP contribution < -0.4 is 4.90 Å². The van der Waals surface area contributed by atoms with Crippen LogP contribution in [0.2, 0.25) is 0 Å². The Kier molecular flexibility index (Phi) is 2.96. The zero-order valence-corrected chi connectivity index (χ0v) is 10.6. The largest absolute Gasteiger partial charge is 0.393 e. The number of anilines is 1. The molecule has 0 unspecified atom stereocenters. The number of rotatable bonds is 2. The van der Waals surface area contributed by atoms with E-state index in [-0.39, 0.29) is 6.10 Å². The Morgan fingerprint density at radius 1 is 1.28 bits per heavy atom. The van der Waals surface area contributed by atoms with Crippen LogP contribution in [0.1, 0.15) is 25.7 Å². The van der Waals surface area contributed by atoms with E-state index in [1.54, 1.807) is 6.33 Å². The molecule has 0 spiro atoms. The zero-order chi connectivity index (χ0) is 12.5. The molecule has 3 rings (SSSR count). The number of nitrogens with one attached hydrogen (secondary N) is 1. The van der Waals surface area contributed by atoms with Crippen molar-refractivity contribution in [3.05, 3.63) is 24.5 Å². The predicted octanol–water partition coefficient (Wildman–Crippen LogP) is 2.30. The van der Waals surface area contributed by atoms with Crippen LogP contribution in [0.3, 0.4) is 0 Å². The van der Waals surface area contributed by atoms with E-state index in [1.165, 1.54) is 5.69 Å². The van der Waals surface area contributed by atoms with Gasteiger partial charge in [-0.25, -0.2) is 4.98 Å². The number of fused-ring (bicyclic) bond motifs is 1. The summed E-state index contributed by atoms with van der Waals surface area (Å²) in [6.45, 7) is 0. The molecule has 1 aliphatic rings. The molecule has 18 heavy (non-hydrogen) atoms. The molecule has 96 valence electrons. The number of benzene rings is 1. The predicted molar refractivity (Wildman–Crippen MR) is 72.8 cm³/mol. The maximum absolute atomic E-state index is 9.56. The van der Waals surface area contributed by atoms with Gasteiger partial charge in [-0.05, 0) is 43.9 Å². The monoisotopic (exact) mass is 245 g/mol. The van der Waals surface area contributed by atoms with Gasteiger partial charge >= 0.3 is 0 Å². The van der Waals surface area contributed by atoms with E-state index >= 15 is 0 Å². The second-order valence-corrected chi connectivity index (χ2v) is 5.18. The van der Waals surface area contributed by atoms with Crippen LogP contribution in [-0.4, -0.2) is 34.3 Å². The third kappa shape index (κ3) is 2.08. The Bertz CT molecular complexity index is 529. The van der Waals surface area contributed by atoms with Gasteiger partial charge < -0.3 is 15.0 Å². The molecule has 1 aliphatic carbocycles. The lowest BCUT2D eigenvalue weighted by Crippen LogP contribution is -2.36. The van der Waals surface area contributed by atoms with Crippen molar-refractivity contribution < 1.29 is 5.11 Å². The molecule has 0 aliphatic heterocycles. The highest BCUT2D eigenvalue weighted by Gasteiger charge is 2.22. The fraction of sp³-hybridized carbons (Fsp3) is 0.500. The molecule has 0 bridgehead atoms. The Balaban J connectivity index is 1.80. The number of nitrogens with zero attached hydrogens (tertiary/aromatic N) is 2. The molecule has 0 saturated heterocycles. The van der Waals surface area contributed by atoms with Gasteiger partial charge in [0.2, 0.25) is 0 Å². The minimum atomic E-state index is -0.0928. The second-order valence-electron chi connectivity index (χ2n) is 5.18. The Morgan fingerprint density at radius 3 is 2.83 bits per heavy atom. The van der Waals surface area contributed by atoms with E-state index in [0.717, 1.165) is 36.7 Å². The summed E-state index contributed by atoms with van der Waals surface area (Å²) in [4.78, 5) is 9.71. The van der Waals surface area contributed by atoms with Crippen LogP contribution in [0.4, 0.5) is 5.69 Å². The smallest absolute Gasteiger partial charge is 0.0931 e. The van der Waals surface area contributed by atoms with Crippen LogP contribution >= 0.6 is 0 Å². The van der Waals surface area contributed by atoms with Gasteiger partial charge in [0.1, 0.15) is 0 Å². The Labute approximate surface area is 107 Å². The molecule has 1 heterocycles. The summed E-state index contributed by atoms with van der Waals surface area (Å²) < 4.78 is 0. The normalized spacial score (nSPS) is 24.3. The van der Waals surface area contributed by atoms with Gasteiger partial charge in [-0.15, -0.1) is 0 Å². The number of aromatic amines is 1. The summed E-state index contributed by atoms with van der Waals surface area (Å²) in [7, 11) is 2.14. The van der Waals surface area contributed by atoms with Crippen molar-refractivity contribution in [3.8, 4) is 0 Å². The van der Waals surface area contributed by atoms with E-state index in [2.05, 4.69) is 40.1 Å². The fourth-order valence-corrected chi connectivity index (χ4v) is 2.80. The number of imidazole rings is 1. The number of aromatic nitrogens is 2. The van der Waals surface area contributed by atoms with Crippen molar-refractivity contribution in [1.82, 2.24) is 9.97 Å². The minimum absolute atomic E-state index is 0.0928. The number of H-pyrrole nitrogens is 1. The standard InChI is InChI=1S/C14H19N3O/c1-17(10-2-5-12(18)6-3-10)11-4-7-13-14(8-11)16-9-15-13/h4,7-10,12,18H,2-3,5-6H2,1H3,(H,15,16). The maximum Gasteiger partial charge on any atom is 0.0931 e. The van der Waals surface area contributed by atoms with Crippen molar-refractivity contribution >= 4 is 16.7 Å². The Morgan fingerprint density at radius 2 is 2.06 bits per heavy atom. The molecule has 1 aromatic carbocycles. The van der Waals surface area contributed by atoms with Crippen molar-refractivity contribution in [3.63, 3.8) is 0 Å². The first-order valence-electron chi connectivity index (χ1n) is 6.58. The van der Waals surface area contributed by atoms with Gasteiger partial charge in [0.25, 0.3) is 0 Å². The van der Waals surface area contributed by atoms with Gasteiger partial charge in [0.05, 0.1) is 23.5 Å². The molecule has 0 atom stereocenters. The Hall–Kier alpha value is -1.55. The van der Waals surface area contributed by atoms with Crippen molar-refractivity contribution in [2.24, 2.45) is 0 Å². The number of aliphatic hydroxyl groups is 1. The third-order valence-corrected chi connectivity index (χ3v) is 4.03. The molecule has 0 amide bonds. The molecule has 0 radical (unpaired) electrons. The van der Waals surface area contributed by atoms with Gasteiger partial charge in [0, 0.05) is 18.8 Å². The van der Waals surface area contributed by atoms with Crippen molar-refractivity contribution in [2.75, 3.05) is 11.9 Å². The number of hydrogen-bond acceptors (Lipinski definition) is 3. The molecule has 4 heteroatoms. The molecule has 2 N–H and O–H groups in total. The first-order valence-corrected chi connectivity index (χ1v) is 6.58. The average molecular weight is 245 g/mol. The SMILES string of the molecule is CN(c1ccc2nc[nH]c2c1)C1CCC(O)CC1. The van der Waals surface area contributed by atoms with E-state index in [9.17, 15) is 5.11 Å². The van der Waals surface area contributed by atoms with Crippen LogP contribution in [0.25, 0.3) is 11.0 Å². The first kappa shape index (κ1) is 11.5. The van der Waals surface area contributed by atoms with Crippen molar-refractivity contribution in [1.29, 1.82) is 0 Å². The molecule has 1 aromatic heterocycles. The van der Waals surface area contributed by atoms with Crippen LogP contribution in [0.15, 0.2) is 24.5 Å². The number of aliphatic hydroxyl groups excluding tert-OH is 1. The van der Waals surface area contributed by atoms with E-state index in [1.807, 2.05) is 0 Å². The summed E-state index contributed by atoms with van der Waals surface area (Å²) in [5, 5.41) is 9.56. The molecular formula is C14H19N3O. The maximum atomic E-state index is 9.56. The highest BCUT2D eigenvalue weighted by atomic mass is 16.3. The average Bonchev–Trinajstić information content (AvgIpc) is 2.86. The summed E-state index contributed by atoms with van der Waals surface area (Å²) >= 11 is 0. The van der Waals surface area contributed by atoms with Gasteiger partial charge in [-0.1, -0.05) is 0 Å². The molecule has 4 nitrogen and oxygen atoms in total. The van der Waals surface area contributed by atoms with Gasteiger partial charge in [-0.2, -0.15) is 0 Å². The molecule has 1 saturated carbocycles. The topological polar surface area (TPSA) is 52.2 Å². The summed E-state index contributed by atoms with van der Waals surface area (Å²) in [6, 6.07) is 6.85. The quantitative estimate of drug-likeness (QED) is 0.853.